The quantitative estimate of drug-likeness (QED) is 0.193. The highest BCUT2D eigenvalue weighted by Crippen LogP contribution is 2.42. The zero-order chi connectivity index (χ0) is 32.4. The van der Waals surface area contributed by atoms with Gasteiger partial charge >= 0.3 is 0 Å². The summed E-state index contributed by atoms with van der Waals surface area (Å²) in [7, 11) is 1.25. The number of aryl methyl sites for hydroxylation is 1. The number of anilines is 5. The topological polar surface area (TPSA) is 98.7 Å². The van der Waals surface area contributed by atoms with E-state index in [1.807, 2.05) is 24.3 Å². The van der Waals surface area contributed by atoms with Crippen molar-refractivity contribution in [2.24, 2.45) is 0 Å². The Hall–Kier alpha value is -3.24. The van der Waals surface area contributed by atoms with Gasteiger partial charge in [-0.15, -0.1) is 0 Å². The number of methoxy groups -OCH3 is 1. The lowest BCUT2D eigenvalue weighted by atomic mass is 9.99. The Morgan fingerprint density at radius 2 is 1.72 bits per heavy atom. The van der Waals surface area contributed by atoms with Crippen LogP contribution in [0.5, 0.6) is 5.75 Å². The fourth-order valence-corrected chi connectivity index (χ4v) is 8.43. The molecule has 0 amide bonds. The Bertz CT molecular complexity index is 1750. The minimum atomic E-state index is -2.67. The van der Waals surface area contributed by atoms with Crippen LogP contribution in [-0.2, 0) is 11.0 Å². The number of rotatable bonds is 9. The van der Waals surface area contributed by atoms with Gasteiger partial charge in [0.1, 0.15) is 18.7 Å². The van der Waals surface area contributed by atoms with Gasteiger partial charge in [0.25, 0.3) is 0 Å². The number of likely N-dealkylation sites (N-methyl/N-ethyl adjacent to an activating group) is 1. The largest absolute Gasteiger partial charge is 0.494 e. The van der Waals surface area contributed by atoms with Gasteiger partial charge in [-0.25, -0.2) is 4.98 Å². The third-order valence-electron chi connectivity index (χ3n) is 9.17. The van der Waals surface area contributed by atoms with Crippen molar-refractivity contribution in [2.45, 2.75) is 32.2 Å². The zero-order valence-corrected chi connectivity index (χ0v) is 29.9. The number of piperazine rings is 1. The Kier molecular flexibility index (Phi) is 9.85. The minimum absolute atomic E-state index is 0.415. The zero-order valence-electron chi connectivity index (χ0n) is 27.4. The maximum Gasteiger partial charge on any atom is 0.229 e. The number of aromatic nitrogens is 3. The third-order valence-corrected chi connectivity index (χ3v) is 11.3. The molecular weight excluding hydrogens is 663 g/mol. The van der Waals surface area contributed by atoms with Crippen LogP contribution in [-0.4, -0.2) is 97.5 Å². The van der Waals surface area contributed by atoms with Crippen molar-refractivity contribution in [1.29, 1.82) is 0 Å². The first-order valence-electron chi connectivity index (χ1n) is 16.0. The lowest BCUT2D eigenvalue weighted by molar-refractivity contribution is 0.0982. The number of ether oxygens (including phenoxy) is 1. The maximum absolute atomic E-state index is 13.5. The van der Waals surface area contributed by atoms with Gasteiger partial charge in [0.2, 0.25) is 5.95 Å². The molecule has 4 heterocycles. The molecule has 6 rings (SSSR count). The second kappa shape index (κ2) is 13.9. The van der Waals surface area contributed by atoms with Crippen LogP contribution in [0.15, 0.2) is 53.3 Å². The molecule has 0 atom stereocenters. The van der Waals surface area contributed by atoms with E-state index in [-0.39, 0.29) is 0 Å². The van der Waals surface area contributed by atoms with E-state index in [4.69, 9.17) is 9.72 Å². The monoisotopic (exact) mass is 706 g/mol. The van der Waals surface area contributed by atoms with Crippen LogP contribution in [0.25, 0.3) is 10.9 Å². The van der Waals surface area contributed by atoms with Crippen LogP contribution in [0.4, 0.5) is 28.8 Å². The van der Waals surface area contributed by atoms with Crippen molar-refractivity contribution >= 4 is 68.1 Å². The molecule has 2 aliphatic heterocycles. The predicted molar refractivity (Wildman–Crippen MR) is 194 cm³/mol. The molecule has 0 unspecified atom stereocenters. The average molecular weight is 708 g/mol. The number of nitrogens with zero attached hydrogens (tertiary/aromatic N) is 6. The number of nitrogens with one attached hydrogen (secondary N) is 2. The molecule has 0 bridgehead atoms. The smallest absolute Gasteiger partial charge is 0.229 e. The normalized spacial score (nSPS) is 17.0. The first-order valence-corrected chi connectivity index (χ1v) is 19.4. The Morgan fingerprint density at radius 3 is 2.41 bits per heavy atom. The van der Waals surface area contributed by atoms with E-state index in [9.17, 15) is 4.57 Å². The molecule has 46 heavy (non-hydrogen) atoms. The van der Waals surface area contributed by atoms with Crippen molar-refractivity contribution in [3.63, 3.8) is 0 Å². The summed E-state index contributed by atoms with van der Waals surface area (Å²) in [5.74, 6) is 1.70. The molecule has 2 aromatic heterocycles. The molecule has 0 spiro atoms. The van der Waals surface area contributed by atoms with E-state index in [0.29, 0.717) is 28.0 Å². The van der Waals surface area contributed by atoms with Gasteiger partial charge in [-0.2, -0.15) is 4.98 Å². The molecule has 2 aliphatic rings. The van der Waals surface area contributed by atoms with Crippen LogP contribution in [0, 0.1) is 0 Å². The summed E-state index contributed by atoms with van der Waals surface area (Å²) in [4.78, 5) is 21.6. The van der Waals surface area contributed by atoms with Crippen molar-refractivity contribution in [2.75, 3.05) is 82.3 Å². The second-order valence-corrected chi connectivity index (χ2v) is 16.6. The van der Waals surface area contributed by atoms with Gasteiger partial charge in [0.05, 0.1) is 34.7 Å². The lowest BCUT2D eigenvalue weighted by Crippen LogP contribution is -2.52. The molecule has 0 saturated carbocycles. The number of fused-ring (bicyclic) bond motifs is 1. The number of hydrogen-bond acceptors (Lipinski definition) is 10. The summed E-state index contributed by atoms with van der Waals surface area (Å²) in [6, 6.07) is 12.7. The molecule has 244 valence electrons. The molecular formula is C34H44BrN8O2P. The Morgan fingerprint density at radius 1 is 0.978 bits per heavy atom. The van der Waals surface area contributed by atoms with Crippen molar-refractivity contribution in [3.05, 3.63) is 58.8 Å². The minimum Gasteiger partial charge on any atom is -0.494 e. The van der Waals surface area contributed by atoms with E-state index < -0.39 is 7.14 Å². The molecule has 10 nitrogen and oxygen atoms in total. The molecule has 0 radical (unpaired) electrons. The summed E-state index contributed by atoms with van der Waals surface area (Å²) >= 11 is 3.59. The van der Waals surface area contributed by atoms with E-state index in [0.717, 1.165) is 60.2 Å². The van der Waals surface area contributed by atoms with Gasteiger partial charge < -0.3 is 29.7 Å². The van der Waals surface area contributed by atoms with Gasteiger partial charge in [-0.05, 0) is 73.3 Å². The van der Waals surface area contributed by atoms with Gasteiger partial charge in [-0.3, -0.25) is 9.88 Å². The molecule has 0 aliphatic carbocycles. The molecule has 2 fully saturated rings. The number of benzene rings is 2. The summed E-state index contributed by atoms with van der Waals surface area (Å²) in [5, 5.41) is 8.40. The fraction of sp³-hybridized carbons (Fsp3) is 0.441. The van der Waals surface area contributed by atoms with Gasteiger partial charge in [0, 0.05) is 74.0 Å². The number of piperidine rings is 1. The van der Waals surface area contributed by atoms with E-state index in [2.05, 4.69) is 77.3 Å². The fourth-order valence-electron chi connectivity index (χ4n) is 6.68. The highest BCUT2D eigenvalue weighted by Gasteiger charge is 2.28. The van der Waals surface area contributed by atoms with Crippen LogP contribution in [0.1, 0.15) is 25.3 Å². The standard InChI is InChI=1S/C34H44BrN8O2P/c1-6-23-19-28(31(45-3)20-30(23)43-13-11-24(12-14-43)42-17-15-41(2)16-18-42)39-34-37-21-26(35)33(40-34)38-29-22-36-27-10-8-7-9-25(27)32(29)46(4,5)44/h7-10,19-22,24H,6,11-18H2,1-5H3,(H2,37,38,39,40). The van der Waals surface area contributed by atoms with Crippen molar-refractivity contribution in [3.8, 4) is 5.75 Å². The van der Waals surface area contributed by atoms with E-state index in [1.54, 1.807) is 32.8 Å². The summed E-state index contributed by atoms with van der Waals surface area (Å²) < 4.78 is 20.0. The second-order valence-electron chi connectivity index (χ2n) is 12.6. The van der Waals surface area contributed by atoms with Crippen LogP contribution < -0.4 is 25.6 Å². The van der Waals surface area contributed by atoms with E-state index >= 15 is 0 Å². The molecule has 2 N–H and O–H groups in total. The van der Waals surface area contributed by atoms with Crippen molar-refractivity contribution < 1.29 is 9.30 Å². The summed E-state index contributed by atoms with van der Waals surface area (Å²) in [5.41, 5.74) is 4.76. The first kappa shape index (κ1) is 32.7. The Labute approximate surface area is 280 Å². The van der Waals surface area contributed by atoms with Crippen LogP contribution in [0.2, 0.25) is 0 Å². The number of para-hydroxylation sites is 1. The van der Waals surface area contributed by atoms with Crippen molar-refractivity contribution in [1.82, 2.24) is 24.8 Å². The highest BCUT2D eigenvalue weighted by molar-refractivity contribution is 9.10. The first-order chi connectivity index (χ1) is 22.1. The SMILES string of the molecule is CCc1cc(Nc2ncc(Br)c(Nc3cnc4ccccc4c3P(C)(C)=O)n2)c(OC)cc1N1CCC(N2CCN(C)CC2)CC1. The number of pyridine rings is 1. The molecule has 4 aromatic rings. The Balaban J connectivity index is 1.23. The molecule has 2 saturated heterocycles. The average Bonchev–Trinajstić information content (AvgIpc) is 3.06. The number of hydrogen-bond donors (Lipinski definition) is 2. The van der Waals surface area contributed by atoms with Crippen LogP contribution >= 0.6 is 23.1 Å². The highest BCUT2D eigenvalue weighted by atomic mass is 79.9. The summed E-state index contributed by atoms with van der Waals surface area (Å²) in [6.07, 6.45) is 6.68. The maximum atomic E-state index is 13.5. The number of halogens is 1. The van der Waals surface area contributed by atoms with Gasteiger partial charge in [-0.1, -0.05) is 25.1 Å². The molecule has 12 heteroatoms. The van der Waals surface area contributed by atoms with Crippen LogP contribution in [0.3, 0.4) is 0 Å². The predicted octanol–water partition coefficient (Wildman–Crippen LogP) is 6.31. The lowest BCUT2D eigenvalue weighted by Gasteiger charge is -2.43. The van der Waals surface area contributed by atoms with E-state index in [1.165, 1.54) is 37.2 Å². The molecule has 2 aromatic carbocycles. The third kappa shape index (κ3) is 7.03. The summed E-state index contributed by atoms with van der Waals surface area (Å²) in [6.45, 7) is 12.5. The van der Waals surface area contributed by atoms with Gasteiger partial charge in [0.15, 0.2) is 0 Å².